The summed E-state index contributed by atoms with van der Waals surface area (Å²) in [6, 6.07) is 2.27. The summed E-state index contributed by atoms with van der Waals surface area (Å²) in [5, 5.41) is 16.0. The largest absolute Gasteiger partial charge is 0.507 e. The molecule has 0 spiro atoms. The normalized spacial score (nSPS) is 10.9. The number of ether oxygens (including phenoxy) is 3. The van der Waals surface area contributed by atoms with Gasteiger partial charge in [0, 0.05) is 45.9 Å². The Kier molecular flexibility index (Phi) is 80.9. The van der Waals surface area contributed by atoms with Crippen LogP contribution in [0.5, 0.6) is 0 Å². The first-order valence-corrected chi connectivity index (χ1v) is 52.8. The van der Waals surface area contributed by atoms with Gasteiger partial charge in [0.05, 0.1) is 34.0 Å². The topological polar surface area (TPSA) is 136 Å². The number of nitrogens with one attached hydrogen (secondary N) is 1. The minimum Gasteiger partial charge on any atom is -0.457 e. The van der Waals surface area contributed by atoms with Crippen LogP contribution in [-0.4, -0.2) is 159 Å². The second-order valence-electron chi connectivity index (χ2n) is 21.3. The number of methoxy groups -OCH3 is 2. The zero-order valence-corrected chi connectivity index (χ0v) is 62.1. The van der Waals surface area contributed by atoms with Gasteiger partial charge in [-0.25, -0.2) is 9.59 Å². The van der Waals surface area contributed by atoms with Crippen molar-refractivity contribution in [3.05, 3.63) is 25.3 Å². The summed E-state index contributed by atoms with van der Waals surface area (Å²) in [5.74, 6) is 0. The van der Waals surface area contributed by atoms with Crippen LogP contribution in [0.25, 0.3) is 0 Å². The fourth-order valence-corrected chi connectivity index (χ4v) is 17.9. The molecule has 3 N–H and O–H groups in total. The summed E-state index contributed by atoms with van der Waals surface area (Å²) >= 11 is 16.2. The minimum absolute atomic E-state index is 0. The molecule has 0 atom stereocenters. The van der Waals surface area contributed by atoms with Crippen molar-refractivity contribution in [3.8, 4) is 0 Å². The summed E-state index contributed by atoms with van der Waals surface area (Å²) in [6.45, 7) is 61.3. The van der Waals surface area contributed by atoms with E-state index in [0.29, 0.717) is 31.5 Å². The maximum Gasteiger partial charge on any atom is 0.507 e. The molecule has 0 aliphatic heterocycles. The summed E-state index contributed by atoms with van der Waals surface area (Å²) in [4.78, 5) is 22.1. The standard InChI is InChI=1S/C8H21ClOSi2.C7H15FO3Si.C6H19NSi2.C6H15N.C6H14OSi.C5H13FOSi.C3H6O.C2H3ClO2.C2H7ClSi.CH4.Pt/c1-11(2,3)10-7-6-8-12(4,5)9;1-10-7(9)11-5-4-6-12(2,3)8;1-8(2,3)7-9(4,5)6;1-4-7(5-2)6-3;1-5-6-7-8(2,3)4;1-8(2,6)5-3-4-7;1-2-3-4;1-5-2(3)4;1-4(2)3;;/h6-8H2,1-5H3;4-6H2,1-3H3;7H,1-6H3;4-6H2,1-3H3;5H,1,6H2,2-4H3;7H,3-5H2,1-2H3;2,4H,1,3H2;1H3;4H,1-2H3;1H4;. The van der Waals surface area contributed by atoms with Crippen LogP contribution in [-0.2, 0) is 44.1 Å². The molecule has 442 valence electrons. The van der Waals surface area contributed by atoms with E-state index in [-0.39, 0.29) is 48.3 Å². The third-order valence-electron chi connectivity index (χ3n) is 6.70. The number of aliphatic hydroxyl groups is 2. The minimum atomic E-state index is -2.47. The van der Waals surface area contributed by atoms with Gasteiger partial charge in [0.25, 0.3) is 0 Å². The molecule has 0 rings (SSSR count). The molecule has 0 saturated carbocycles. The van der Waals surface area contributed by atoms with Crippen molar-refractivity contribution in [2.45, 2.75) is 197 Å². The Morgan fingerprint density at radius 3 is 1.14 bits per heavy atom. The van der Waals surface area contributed by atoms with Crippen molar-refractivity contribution in [1.29, 1.82) is 0 Å². The van der Waals surface area contributed by atoms with E-state index in [0.717, 1.165) is 13.0 Å². The molecule has 11 nitrogen and oxygen atoms in total. The number of hydrogen-bond donors (Lipinski definition) is 3. The van der Waals surface area contributed by atoms with Crippen LogP contribution in [0.4, 0.5) is 17.8 Å². The third-order valence-corrected chi connectivity index (χ3v) is 20.1. The Morgan fingerprint density at radius 2 is 0.986 bits per heavy atom. The fourth-order valence-electron chi connectivity index (χ4n) is 4.18. The SMILES string of the molecule is C.C=CCO.C=CCO[Si](C)(C)C.CCN(CC)CC.COC(=O)Cl.COC(=O)OCCC[Si](C)(C)F.C[SiH](C)Cl.C[Si](C)(C)N[Si](C)(C)C.C[Si](C)(Cl)CCCO[Si](C)(C)C.C[Si](C)(F)CCCO.[Pt]. The van der Waals surface area contributed by atoms with E-state index in [1.165, 1.54) is 46.0 Å². The van der Waals surface area contributed by atoms with E-state index in [4.69, 9.17) is 41.2 Å². The van der Waals surface area contributed by atoms with Crippen molar-refractivity contribution in [2.24, 2.45) is 0 Å². The fraction of sp³-hybridized carbons (Fsp3) is 0.870. The number of aliphatic hydroxyl groups excluding tert-OH is 2. The molecule has 0 aliphatic rings. The maximum absolute atomic E-state index is 13.0. The predicted octanol–water partition coefficient (Wildman–Crippen LogP) is 16.2. The third kappa shape index (κ3) is 167. The van der Waals surface area contributed by atoms with E-state index < -0.39 is 77.0 Å². The average molecular weight is 1410 g/mol. The molecule has 25 heteroatoms. The number of carbonyl (C=O) groups is 2. The van der Waals surface area contributed by atoms with Crippen molar-refractivity contribution in [1.82, 2.24) is 9.55 Å². The van der Waals surface area contributed by atoms with Crippen molar-refractivity contribution in [3.63, 3.8) is 0 Å². The van der Waals surface area contributed by atoms with Crippen molar-refractivity contribution < 1.29 is 72.1 Å². The number of rotatable bonds is 21. The van der Waals surface area contributed by atoms with Crippen LogP contribution >= 0.6 is 33.8 Å². The van der Waals surface area contributed by atoms with Crippen LogP contribution in [0.15, 0.2) is 25.3 Å². The van der Waals surface area contributed by atoms with Gasteiger partial charge >= 0.3 is 11.6 Å². The molecular formula is C46H117Cl3F2N2O9PtSi8. The van der Waals surface area contributed by atoms with Gasteiger partial charge in [-0.15, -0.1) is 13.2 Å². The van der Waals surface area contributed by atoms with Crippen LogP contribution in [0.2, 0.25) is 149 Å². The second-order valence-corrected chi connectivity index (χ2v) is 60.2. The summed E-state index contributed by atoms with van der Waals surface area (Å²) < 4.78 is 53.1. The maximum atomic E-state index is 13.0. The first-order valence-electron chi connectivity index (χ1n) is 24.1. The van der Waals surface area contributed by atoms with Crippen LogP contribution in [0, 0.1) is 0 Å². The summed E-state index contributed by atoms with van der Waals surface area (Å²) in [5.41, 5.74) is -0.773. The van der Waals surface area contributed by atoms with Gasteiger partial charge in [-0.05, 0) is 122 Å². The second kappa shape index (κ2) is 58.8. The Hall–Kier alpha value is 1.13. The number of halogens is 5. The predicted molar refractivity (Wildman–Crippen MR) is 333 cm³/mol. The molecule has 0 aromatic carbocycles. The first kappa shape index (κ1) is 97.7. The van der Waals surface area contributed by atoms with Gasteiger partial charge in [-0.3, -0.25) is 0 Å². The zero-order chi connectivity index (χ0) is 57.4. The number of carbonyl (C=O) groups excluding carboxylic acids is 2. The van der Waals surface area contributed by atoms with Gasteiger partial charge in [0.1, 0.15) is 24.6 Å². The van der Waals surface area contributed by atoms with Gasteiger partial charge in [-0.1, -0.05) is 106 Å². The molecule has 0 saturated heterocycles. The molecule has 0 bridgehead atoms. The molecule has 0 aromatic heterocycles. The van der Waals surface area contributed by atoms with Crippen LogP contribution < -0.4 is 4.65 Å². The molecule has 0 fully saturated rings. The van der Waals surface area contributed by atoms with E-state index in [1.54, 1.807) is 32.3 Å². The molecule has 71 heavy (non-hydrogen) atoms. The Balaban J connectivity index is -0.0000000645. The van der Waals surface area contributed by atoms with E-state index in [2.05, 4.69) is 174 Å². The zero-order valence-electron chi connectivity index (χ0n) is 49.5. The molecule has 0 aromatic rings. The van der Waals surface area contributed by atoms with Gasteiger partial charge in [0.15, 0.2) is 24.0 Å². The smallest absolute Gasteiger partial charge is 0.457 e. The molecule has 0 unspecified atom stereocenters. The van der Waals surface area contributed by atoms with E-state index in [9.17, 15) is 17.8 Å². The van der Waals surface area contributed by atoms with Gasteiger partial charge < -0.3 is 51.0 Å². The first-order chi connectivity index (χ1) is 30.8. The Morgan fingerprint density at radius 1 is 0.662 bits per heavy atom. The quantitative estimate of drug-likeness (QED) is 0.0253. The summed E-state index contributed by atoms with van der Waals surface area (Å²) in [6.07, 6.45) is 4.85. The van der Waals surface area contributed by atoms with E-state index >= 15 is 0 Å². The Labute approximate surface area is 477 Å². The van der Waals surface area contributed by atoms with Crippen molar-refractivity contribution >= 4 is 111 Å². The molecule has 0 radical (unpaired) electrons. The van der Waals surface area contributed by atoms with Crippen LogP contribution in [0.3, 0.4) is 0 Å². The van der Waals surface area contributed by atoms with Gasteiger partial charge in [0.2, 0.25) is 16.8 Å². The molecular weight excluding hydrogens is 1290 g/mol. The molecule has 0 amide bonds. The van der Waals surface area contributed by atoms with Gasteiger partial charge in [-0.2, -0.15) is 22.2 Å². The Bertz CT molecular complexity index is 1110. The summed E-state index contributed by atoms with van der Waals surface area (Å²) in [7, 11) is -8.85. The van der Waals surface area contributed by atoms with Crippen molar-refractivity contribution in [2.75, 3.05) is 66.9 Å². The van der Waals surface area contributed by atoms with E-state index in [1.807, 2.05) is 0 Å². The molecule has 0 heterocycles. The number of nitrogens with zero attached hydrogens (tertiary/aromatic N) is 1. The van der Waals surface area contributed by atoms with Crippen LogP contribution in [0.1, 0.15) is 47.5 Å². The number of hydrogen-bond acceptors (Lipinski definition) is 11. The molecule has 0 aliphatic carbocycles. The monoisotopic (exact) mass is 1400 g/mol. The average Bonchev–Trinajstić information content (AvgIpc) is 3.15.